The Hall–Kier alpha value is -2.34. The first-order chi connectivity index (χ1) is 11.2. The van der Waals surface area contributed by atoms with Gasteiger partial charge in [0.25, 0.3) is 0 Å². The van der Waals surface area contributed by atoms with E-state index < -0.39 is 5.41 Å². The van der Waals surface area contributed by atoms with Crippen LogP contribution in [-0.4, -0.2) is 29.3 Å². The number of aromatic nitrogens is 2. The molecule has 1 aliphatic heterocycles. The van der Waals surface area contributed by atoms with Crippen LogP contribution in [0.4, 0.5) is 10.2 Å². The van der Waals surface area contributed by atoms with Gasteiger partial charge in [0.1, 0.15) is 5.82 Å². The van der Waals surface area contributed by atoms with Crippen molar-refractivity contribution >= 4 is 11.7 Å². The van der Waals surface area contributed by atoms with Crippen LogP contribution in [0.1, 0.15) is 18.4 Å². The molecule has 6 heteroatoms. The molecule has 23 heavy (non-hydrogen) atoms. The van der Waals surface area contributed by atoms with Crippen LogP contribution in [0.5, 0.6) is 0 Å². The first kappa shape index (κ1) is 15.6. The Kier molecular flexibility index (Phi) is 4.62. The second-order valence-corrected chi connectivity index (χ2v) is 5.76. The maximum atomic E-state index is 13.1. The molecule has 0 spiro atoms. The Morgan fingerprint density at radius 2 is 1.96 bits per heavy atom. The number of nitrogens with zero attached hydrogens (tertiary/aromatic N) is 2. The van der Waals surface area contributed by atoms with Crippen molar-refractivity contribution in [1.82, 2.24) is 10.2 Å². The molecule has 1 fully saturated rings. The summed E-state index contributed by atoms with van der Waals surface area (Å²) in [6.07, 6.45) is 3.34. The zero-order valence-corrected chi connectivity index (χ0v) is 12.7. The number of carbonyl (C=O) groups is 1. The summed E-state index contributed by atoms with van der Waals surface area (Å²) in [6, 6.07) is 9.71. The van der Waals surface area contributed by atoms with Crippen molar-refractivity contribution in [3.63, 3.8) is 0 Å². The van der Waals surface area contributed by atoms with Gasteiger partial charge < -0.3 is 10.1 Å². The van der Waals surface area contributed by atoms with Gasteiger partial charge in [0.05, 0.1) is 5.41 Å². The number of carbonyl (C=O) groups excluding carboxylic acids is 1. The number of hydrogen-bond donors (Lipinski definition) is 1. The molecule has 120 valence electrons. The molecule has 0 bridgehead atoms. The summed E-state index contributed by atoms with van der Waals surface area (Å²) in [5, 5.41) is 10.5. The highest BCUT2D eigenvalue weighted by atomic mass is 19.1. The third kappa shape index (κ3) is 3.71. The average molecular weight is 315 g/mol. The van der Waals surface area contributed by atoms with E-state index in [9.17, 15) is 9.18 Å². The van der Waals surface area contributed by atoms with Crippen LogP contribution < -0.4 is 5.32 Å². The van der Waals surface area contributed by atoms with Crippen LogP contribution in [-0.2, 0) is 16.0 Å². The van der Waals surface area contributed by atoms with Crippen molar-refractivity contribution in [1.29, 1.82) is 0 Å². The van der Waals surface area contributed by atoms with Crippen molar-refractivity contribution in [2.45, 2.75) is 19.3 Å². The Bertz CT molecular complexity index is 655. The Balaban J connectivity index is 1.81. The van der Waals surface area contributed by atoms with E-state index in [4.69, 9.17) is 4.74 Å². The van der Waals surface area contributed by atoms with Gasteiger partial charge >= 0.3 is 0 Å². The summed E-state index contributed by atoms with van der Waals surface area (Å²) in [6.45, 7) is 1.07. The highest BCUT2D eigenvalue weighted by Gasteiger charge is 2.40. The van der Waals surface area contributed by atoms with Crippen molar-refractivity contribution in [2.24, 2.45) is 5.41 Å². The average Bonchev–Trinajstić information content (AvgIpc) is 2.59. The first-order valence-electron chi connectivity index (χ1n) is 7.59. The predicted octanol–water partition coefficient (Wildman–Crippen LogP) is 2.59. The lowest BCUT2D eigenvalue weighted by molar-refractivity contribution is -0.131. The van der Waals surface area contributed by atoms with Crippen molar-refractivity contribution in [2.75, 3.05) is 18.5 Å². The van der Waals surface area contributed by atoms with E-state index in [-0.39, 0.29) is 11.7 Å². The van der Waals surface area contributed by atoms with Gasteiger partial charge in [-0.15, -0.1) is 5.10 Å². The maximum Gasteiger partial charge on any atom is 0.232 e. The number of hydrogen-bond acceptors (Lipinski definition) is 4. The normalized spacial score (nSPS) is 16.7. The van der Waals surface area contributed by atoms with Gasteiger partial charge in [-0.05, 0) is 49.1 Å². The molecule has 0 aliphatic carbocycles. The molecular weight excluding hydrogens is 297 g/mol. The number of rotatable bonds is 4. The Morgan fingerprint density at radius 3 is 2.61 bits per heavy atom. The number of anilines is 1. The summed E-state index contributed by atoms with van der Waals surface area (Å²) in [5.41, 5.74) is 0.357. The van der Waals surface area contributed by atoms with Gasteiger partial charge in [0.2, 0.25) is 5.91 Å². The van der Waals surface area contributed by atoms with Gasteiger partial charge in [-0.25, -0.2) is 4.39 Å². The number of amides is 1. The Labute approximate surface area is 133 Å². The van der Waals surface area contributed by atoms with Crippen LogP contribution >= 0.6 is 0 Å². The van der Waals surface area contributed by atoms with Crippen molar-refractivity contribution in [3.8, 4) is 0 Å². The summed E-state index contributed by atoms with van der Waals surface area (Å²) in [7, 11) is 0. The zero-order chi connectivity index (χ0) is 16.1. The molecule has 1 aromatic carbocycles. The lowest BCUT2D eigenvalue weighted by Crippen LogP contribution is -2.43. The molecular formula is C17H18FN3O2. The van der Waals surface area contributed by atoms with E-state index in [2.05, 4.69) is 15.5 Å². The molecule has 2 aromatic rings. The highest BCUT2D eigenvalue weighted by Crippen LogP contribution is 2.35. The molecule has 1 saturated heterocycles. The third-order valence-electron chi connectivity index (χ3n) is 4.20. The van der Waals surface area contributed by atoms with Crippen LogP contribution in [0.15, 0.2) is 42.6 Å². The first-order valence-corrected chi connectivity index (χ1v) is 7.59. The summed E-state index contributed by atoms with van der Waals surface area (Å²) >= 11 is 0. The van der Waals surface area contributed by atoms with Gasteiger partial charge in [-0.2, -0.15) is 5.10 Å². The maximum absolute atomic E-state index is 13.1. The largest absolute Gasteiger partial charge is 0.381 e. The van der Waals surface area contributed by atoms with Gasteiger partial charge in [0.15, 0.2) is 5.82 Å². The van der Waals surface area contributed by atoms with E-state index >= 15 is 0 Å². The molecule has 0 radical (unpaired) electrons. The summed E-state index contributed by atoms with van der Waals surface area (Å²) in [4.78, 5) is 12.9. The summed E-state index contributed by atoms with van der Waals surface area (Å²) < 4.78 is 18.5. The van der Waals surface area contributed by atoms with E-state index in [0.717, 1.165) is 5.56 Å². The highest BCUT2D eigenvalue weighted by molar-refractivity contribution is 5.94. The standard InChI is InChI=1S/C17H18FN3O2/c18-14-5-3-13(4-6-14)12-17(7-10-23-11-8-17)16(22)20-15-2-1-9-19-21-15/h1-6,9H,7-8,10-12H2,(H,20,21,22). The second-order valence-electron chi connectivity index (χ2n) is 5.76. The van der Waals surface area contributed by atoms with Gasteiger partial charge in [-0.3, -0.25) is 4.79 Å². The number of nitrogens with one attached hydrogen (secondary N) is 1. The van der Waals surface area contributed by atoms with E-state index in [0.29, 0.717) is 38.3 Å². The predicted molar refractivity (Wildman–Crippen MR) is 83.3 cm³/mol. The number of ether oxygens (including phenoxy) is 1. The van der Waals surface area contributed by atoms with Gasteiger partial charge in [-0.1, -0.05) is 12.1 Å². The Morgan fingerprint density at radius 1 is 1.22 bits per heavy atom. The second kappa shape index (κ2) is 6.83. The smallest absolute Gasteiger partial charge is 0.232 e. The number of benzene rings is 1. The summed E-state index contributed by atoms with van der Waals surface area (Å²) in [5.74, 6) is 0.0619. The van der Waals surface area contributed by atoms with Crippen molar-refractivity contribution < 1.29 is 13.9 Å². The molecule has 1 aromatic heterocycles. The van der Waals surface area contributed by atoms with Gasteiger partial charge in [0, 0.05) is 19.4 Å². The monoisotopic (exact) mass is 315 g/mol. The quantitative estimate of drug-likeness (QED) is 0.942. The minimum Gasteiger partial charge on any atom is -0.381 e. The minimum atomic E-state index is -0.576. The fraction of sp³-hybridized carbons (Fsp3) is 0.353. The molecule has 0 atom stereocenters. The minimum absolute atomic E-state index is 0.0920. The topological polar surface area (TPSA) is 64.1 Å². The lowest BCUT2D eigenvalue weighted by Gasteiger charge is -2.35. The van der Waals surface area contributed by atoms with E-state index in [1.54, 1.807) is 30.5 Å². The van der Waals surface area contributed by atoms with Crippen LogP contribution in [0.2, 0.25) is 0 Å². The lowest BCUT2D eigenvalue weighted by atomic mass is 9.74. The van der Waals surface area contributed by atoms with E-state index in [1.165, 1.54) is 12.1 Å². The molecule has 1 aliphatic rings. The zero-order valence-electron chi connectivity index (χ0n) is 12.7. The number of halogens is 1. The molecule has 5 nitrogen and oxygen atoms in total. The van der Waals surface area contributed by atoms with Crippen molar-refractivity contribution in [3.05, 3.63) is 54.0 Å². The fourth-order valence-corrected chi connectivity index (χ4v) is 2.86. The third-order valence-corrected chi connectivity index (χ3v) is 4.20. The SMILES string of the molecule is O=C(Nc1cccnn1)C1(Cc2ccc(F)cc2)CCOCC1. The van der Waals surface area contributed by atoms with Crippen LogP contribution in [0.25, 0.3) is 0 Å². The molecule has 2 heterocycles. The molecule has 1 N–H and O–H groups in total. The van der Waals surface area contributed by atoms with Crippen LogP contribution in [0, 0.1) is 11.2 Å². The molecule has 0 saturated carbocycles. The fourth-order valence-electron chi connectivity index (χ4n) is 2.86. The molecule has 1 amide bonds. The van der Waals surface area contributed by atoms with E-state index in [1.807, 2.05) is 0 Å². The molecule has 0 unspecified atom stereocenters. The van der Waals surface area contributed by atoms with Crippen LogP contribution in [0.3, 0.4) is 0 Å². The molecule has 3 rings (SSSR count).